The van der Waals surface area contributed by atoms with Crippen molar-refractivity contribution in [3.63, 3.8) is 0 Å². The summed E-state index contributed by atoms with van der Waals surface area (Å²) in [4.78, 5) is 28.1. The topological polar surface area (TPSA) is 49.9 Å². The lowest BCUT2D eigenvalue weighted by Crippen LogP contribution is -2.56. The number of hydrogen-bond donors (Lipinski definition) is 0. The van der Waals surface area contributed by atoms with Gasteiger partial charge in [0.15, 0.2) is 0 Å². The molecule has 0 saturated carbocycles. The monoisotopic (exact) mass is 296 g/mol. The first-order valence-electron chi connectivity index (χ1n) is 8.05. The van der Waals surface area contributed by atoms with Crippen molar-refractivity contribution < 1.29 is 14.3 Å². The van der Waals surface area contributed by atoms with Gasteiger partial charge in [0.25, 0.3) is 0 Å². The molecule has 0 aromatic heterocycles. The zero-order valence-corrected chi connectivity index (χ0v) is 13.7. The van der Waals surface area contributed by atoms with Crippen LogP contribution in [0.3, 0.4) is 0 Å². The standard InChI is InChI=1S/C16H28N2O3/c1-12-8-10-17(15(20)21-16(2,3)4)11-13(12)18-9-6-5-7-14(18)19/h12-13H,5-11H2,1-4H3/t12-,13-/m1/s1. The fourth-order valence-electron chi connectivity index (χ4n) is 3.12. The van der Waals surface area contributed by atoms with Gasteiger partial charge in [0.2, 0.25) is 5.91 Å². The fraction of sp³-hybridized carbons (Fsp3) is 0.875. The van der Waals surface area contributed by atoms with Crippen molar-refractivity contribution in [2.24, 2.45) is 5.92 Å². The van der Waals surface area contributed by atoms with Crippen LogP contribution in [-0.4, -0.2) is 53.1 Å². The number of ether oxygens (including phenoxy) is 1. The van der Waals surface area contributed by atoms with Crippen molar-refractivity contribution in [2.75, 3.05) is 19.6 Å². The van der Waals surface area contributed by atoms with Gasteiger partial charge < -0.3 is 14.5 Å². The number of rotatable bonds is 1. The first-order valence-corrected chi connectivity index (χ1v) is 8.05. The summed E-state index contributed by atoms with van der Waals surface area (Å²) < 4.78 is 5.46. The summed E-state index contributed by atoms with van der Waals surface area (Å²) in [7, 11) is 0. The predicted molar refractivity (Wildman–Crippen MR) is 80.9 cm³/mol. The molecule has 0 radical (unpaired) electrons. The molecule has 2 amide bonds. The quantitative estimate of drug-likeness (QED) is 0.747. The zero-order chi connectivity index (χ0) is 15.6. The minimum atomic E-state index is -0.476. The van der Waals surface area contributed by atoms with Gasteiger partial charge in [0.1, 0.15) is 5.60 Å². The molecule has 2 heterocycles. The van der Waals surface area contributed by atoms with Crippen LogP contribution in [0.5, 0.6) is 0 Å². The fourth-order valence-corrected chi connectivity index (χ4v) is 3.12. The smallest absolute Gasteiger partial charge is 0.410 e. The second-order valence-electron chi connectivity index (χ2n) is 7.30. The number of nitrogens with zero attached hydrogens (tertiary/aromatic N) is 2. The van der Waals surface area contributed by atoms with Crippen LogP contribution in [-0.2, 0) is 9.53 Å². The Bertz CT molecular complexity index is 403. The van der Waals surface area contributed by atoms with E-state index in [4.69, 9.17) is 4.74 Å². The number of amides is 2. The molecule has 2 aliphatic rings. The average Bonchev–Trinajstić information content (AvgIpc) is 2.38. The van der Waals surface area contributed by atoms with E-state index in [0.717, 1.165) is 25.8 Å². The van der Waals surface area contributed by atoms with Gasteiger partial charge >= 0.3 is 6.09 Å². The van der Waals surface area contributed by atoms with E-state index in [1.54, 1.807) is 4.90 Å². The SMILES string of the molecule is C[C@@H]1CCN(C(=O)OC(C)(C)C)C[C@H]1N1CCCCC1=O. The third-order valence-electron chi connectivity index (χ3n) is 4.33. The number of carbonyl (C=O) groups excluding carboxylic acids is 2. The molecule has 0 aromatic rings. The van der Waals surface area contributed by atoms with Gasteiger partial charge in [-0.25, -0.2) is 4.79 Å². The van der Waals surface area contributed by atoms with Crippen molar-refractivity contribution in [2.45, 2.75) is 65.0 Å². The van der Waals surface area contributed by atoms with Gasteiger partial charge in [0.05, 0.1) is 6.04 Å². The Balaban J connectivity index is 2.01. The van der Waals surface area contributed by atoms with Crippen LogP contribution in [0.4, 0.5) is 4.79 Å². The number of carbonyl (C=O) groups is 2. The van der Waals surface area contributed by atoms with E-state index in [-0.39, 0.29) is 18.0 Å². The second-order valence-corrected chi connectivity index (χ2v) is 7.30. The normalized spacial score (nSPS) is 27.7. The van der Waals surface area contributed by atoms with Crippen LogP contribution < -0.4 is 0 Å². The van der Waals surface area contributed by atoms with Gasteiger partial charge in [0, 0.05) is 26.1 Å². The molecule has 0 N–H and O–H groups in total. The average molecular weight is 296 g/mol. The minimum absolute atomic E-state index is 0.138. The lowest BCUT2D eigenvalue weighted by Gasteiger charge is -2.44. The van der Waals surface area contributed by atoms with Crippen molar-refractivity contribution in [3.8, 4) is 0 Å². The van der Waals surface area contributed by atoms with Crippen molar-refractivity contribution >= 4 is 12.0 Å². The van der Waals surface area contributed by atoms with E-state index in [2.05, 4.69) is 6.92 Å². The van der Waals surface area contributed by atoms with Crippen molar-refractivity contribution in [1.29, 1.82) is 0 Å². The minimum Gasteiger partial charge on any atom is -0.444 e. The molecule has 5 nitrogen and oxygen atoms in total. The van der Waals surface area contributed by atoms with Crippen LogP contribution >= 0.6 is 0 Å². The first kappa shape index (κ1) is 16.1. The maximum absolute atomic E-state index is 12.2. The molecular weight excluding hydrogens is 268 g/mol. The van der Waals surface area contributed by atoms with Crippen LogP contribution in [0.15, 0.2) is 0 Å². The van der Waals surface area contributed by atoms with Crippen molar-refractivity contribution in [1.82, 2.24) is 9.80 Å². The molecule has 2 atom stereocenters. The third kappa shape index (κ3) is 4.11. The number of hydrogen-bond acceptors (Lipinski definition) is 3. The molecule has 0 aliphatic carbocycles. The summed E-state index contributed by atoms with van der Waals surface area (Å²) in [6, 6.07) is 0.138. The highest BCUT2D eigenvalue weighted by Gasteiger charge is 2.37. The van der Waals surface area contributed by atoms with Gasteiger partial charge in [-0.05, 0) is 46.0 Å². The lowest BCUT2D eigenvalue weighted by molar-refractivity contribution is -0.138. The summed E-state index contributed by atoms with van der Waals surface area (Å²) in [6.07, 6.45) is 3.38. The number of piperidine rings is 2. The Morgan fingerprint density at radius 2 is 1.95 bits per heavy atom. The zero-order valence-electron chi connectivity index (χ0n) is 13.7. The molecule has 5 heteroatoms. The van der Waals surface area contributed by atoms with Gasteiger partial charge in [-0.15, -0.1) is 0 Å². The summed E-state index contributed by atoms with van der Waals surface area (Å²) in [5, 5.41) is 0. The third-order valence-corrected chi connectivity index (χ3v) is 4.33. The molecular formula is C16H28N2O3. The van der Waals surface area contributed by atoms with E-state index in [1.165, 1.54) is 0 Å². The molecule has 0 bridgehead atoms. The predicted octanol–water partition coefficient (Wildman–Crippen LogP) is 2.64. The Hall–Kier alpha value is -1.26. The van der Waals surface area contributed by atoms with Crippen molar-refractivity contribution in [3.05, 3.63) is 0 Å². The van der Waals surface area contributed by atoms with E-state index in [9.17, 15) is 9.59 Å². The summed E-state index contributed by atoms with van der Waals surface area (Å²) in [5.41, 5.74) is -0.476. The molecule has 2 rings (SSSR count). The highest BCUT2D eigenvalue weighted by atomic mass is 16.6. The number of likely N-dealkylation sites (tertiary alicyclic amines) is 2. The van der Waals surface area contributed by atoms with Crippen LogP contribution in [0.2, 0.25) is 0 Å². The Kier molecular flexibility index (Phi) is 4.79. The molecule has 2 aliphatic heterocycles. The highest BCUT2D eigenvalue weighted by Crippen LogP contribution is 2.26. The van der Waals surface area contributed by atoms with E-state index in [0.29, 0.717) is 25.4 Å². The molecule has 0 unspecified atom stereocenters. The summed E-state index contributed by atoms with van der Waals surface area (Å²) in [6.45, 7) is 9.96. The Morgan fingerprint density at radius 3 is 2.57 bits per heavy atom. The lowest BCUT2D eigenvalue weighted by atomic mass is 9.91. The van der Waals surface area contributed by atoms with Crippen LogP contribution in [0.25, 0.3) is 0 Å². The highest BCUT2D eigenvalue weighted by molar-refractivity contribution is 5.77. The molecule has 2 saturated heterocycles. The van der Waals surface area contributed by atoms with E-state index >= 15 is 0 Å². The molecule has 0 spiro atoms. The largest absolute Gasteiger partial charge is 0.444 e. The Morgan fingerprint density at radius 1 is 1.24 bits per heavy atom. The first-order chi connectivity index (χ1) is 9.78. The molecule has 0 aromatic carbocycles. The van der Waals surface area contributed by atoms with E-state index < -0.39 is 5.60 Å². The maximum Gasteiger partial charge on any atom is 0.410 e. The van der Waals surface area contributed by atoms with Crippen LogP contribution in [0.1, 0.15) is 53.4 Å². The van der Waals surface area contributed by atoms with Gasteiger partial charge in [-0.3, -0.25) is 4.79 Å². The summed E-state index contributed by atoms with van der Waals surface area (Å²) in [5.74, 6) is 0.676. The molecule has 2 fully saturated rings. The molecule has 120 valence electrons. The maximum atomic E-state index is 12.2. The molecule has 21 heavy (non-hydrogen) atoms. The summed E-state index contributed by atoms with van der Waals surface area (Å²) >= 11 is 0. The van der Waals surface area contributed by atoms with E-state index in [1.807, 2.05) is 25.7 Å². The second kappa shape index (κ2) is 6.24. The van der Waals surface area contributed by atoms with Gasteiger partial charge in [-0.1, -0.05) is 6.92 Å². The van der Waals surface area contributed by atoms with Crippen LogP contribution in [0, 0.1) is 5.92 Å². The Labute approximate surface area is 127 Å². The van der Waals surface area contributed by atoms with Gasteiger partial charge in [-0.2, -0.15) is 0 Å².